The number of para-hydroxylation sites is 1. The second kappa shape index (κ2) is 6.78. The van der Waals surface area contributed by atoms with Gasteiger partial charge < -0.3 is 26.5 Å². The van der Waals surface area contributed by atoms with E-state index < -0.39 is 0 Å². The van der Waals surface area contributed by atoms with Gasteiger partial charge in [-0.05, 0) is 55.5 Å². The van der Waals surface area contributed by atoms with Crippen LogP contribution in [0.15, 0.2) is 43.0 Å². The topological polar surface area (TPSA) is 108 Å². The maximum atomic E-state index is 11.7. The molecular weight excluding hydrogens is 352 g/mol. The van der Waals surface area contributed by atoms with Gasteiger partial charge in [-0.2, -0.15) is 0 Å². The predicted molar refractivity (Wildman–Crippen MR) is 111 cm³/mol. The Morgan fingerprint density at radius 3 is 2.82 bits per heavy atom. The number of hydrogen-bond acceptors (Lipinski definition) is 4. The Morgan fingerprint density at radius 2 is 2.11 bits per heavy atom. The number of H-pyrrole nitrogens is 1. The van der Waals surface area contributed by atoms with Crippen molar-refractivity contribution in [2.24, 2.45) is 11.1 Å². The Balaban J connectivity index is 1.49. The molecule has 1 aromatic carbocycles. The van der Waals surface area contributed by atoms with Crippen molar-refractivity contribution in [3.63, 3.8) is 0 Å². The SMILES string of the molecule is C=CC(=O)N1CC2(CCC(c3cc(/C=C(\N)c4ccccc4O)c(N)[nH]3)C2)C1. The van der Waals surface area contributed by atoms with E-state index in [2.05, 4.69) is 17.6 Å². The summed E-state index contributed by atoms with van der Waals surface area (Å²) in [6.45, 7) is 5.20. The molecule has 2 aromatic rings. The lowest BCUT2D eigenvalue weighted by atomic mass is 9.77. The van der Waals surface area contributed by atoms with Gasteiger partial charge in [0.2, 0.25) is 5.91 Å². The average molecular weight is 378 g/mol. The van der Waals surface area contributed by atoms with Crippen molar-refractivity contribution in [3.05, 3.63) is 59.8 Å². The maximum Gasteiger partial charge on any atom is 0.245 e. The molecule has 1 atom stereocenters. The standard InChI is InChI=1S/C22H26N4O2/c1-2-20(28)26-12-22(13-26)8-7-14(11-22)18-10-15(21(24)25-18)9-17(23)16-5-3-4-6-19(16)27/h2-6,9-10,14,25,27H,1,7-8,11-13,23-24H2/b17-9-. The van der Waals surface area contributed by atoms with Crippen LogP contribution < -0.4 is 11.5 Å². The molecule has 4 rings (SSSR count). The largest absolute Gasteiger partial charge is 0.507 e. The van der Waals surface area contributed by atoms with Gasteiger partial charge in [0.1, 0.15) is 11.6 Å². The highest BCUT2D eigenvalue weighted by atomic mass is 16.3. The lowest BCUT2D eigenvalue weighted by molar-refractivity contribution is -0.137. The molecule has 2 heterocycles. The van der Waals surface area contributed by atoms with Crippen molar-refractivity contribution < 1.29 is 9.90 Å². The van der Waals surface area contributed by atoms with Gasteiger partial charge in [0, 0.05) is 41.0 Å². The van der Waals surface area contributed by atoms with Crippen molar-refractivity contribution >= 4 is 23.5 Å². The highest BCUT2D eigenvalue weighted by Gasteiger charge is 2.49. The number of nitrogens with one attached hydrogen (secondary N) is 1. The molecule has 1 aromatic heterocycles. The Morgan fingerprint density at radius 1 is 1.36 bits per heavy atom. The number of aromatic amines is 1. The molecule has 146 valence electrons. The molecule has 6 N–H and O–H groups in total. The van der Waals surface area contributed by atoms with Crippen LogP contribution in [0.5, 0.6) is 5.75 Å². The summed E-state index contributed by atoms with van der Waals surface area (Å²) in [5.41, 5.74) is 15.6. The number of carbonyl (C=O) groups is 1. The summed E-state index contributed by atoms with van der Waals surface area (Å²) in [5, 5.41) is 9.98. The smallest absolute Gasteiger partial charge is 0.245 e. The van der Waals surface area contributed by atoms with E-state index in [-0.39, 0.29) is 17.1 Å². The molecule has 1 aliphatic heterocycles. The minimum atomic E-state index is 0.0188. The van der Waals surface area contributed by atoms with Gasteiger partial charge in [-0.3, -0.25) is 4.79 Å². The van der Waals surface area contributed by atoms with E-state index in [1.165, 1.54) is 6.08 Å². The lowest BCUT2D eigenvalue weighted by Gasteiger charge is -2.48. The number of benzene rings is 1. The third kappa shape index (κ3) is 3.15. The minimum Gasteiger partial charge on any atom is -0.507 e. The quantitative estimate of drug-likeness (QED) is 0.613. The first-order valence-corrected chi connectivity index (χ1v) is 9.56. The first-order chi connectivity index (χ1) is 13.4. The number of aromatic nitrogens is 1. The highest BCUT2D eigenvalue weighted by molar-refractivity contribution is 5.88. The van der Waals surface area contributed by atoms with Crippen LogP contribution in [0.4, 0.5) is 5.82 Å². The molecule has 1 aliphatic carbocycles. The second-order valence-corrected chi connectivity index (χ2v) is 8.05. The van der Waals surface area contributed by atoms with Crippen LogP contribution in [0.1, 0.15) is 42.0 Å². The van der Waals surface area contributed by atoms with E-state index in [1.54, 1.807) is 24.3 Å². The van der Waals surface area contributed by atoms with Gasteiger partial charge in [0.25, 0.3) is 0 Å². The number of carbonyl (C=O) groups excluding carboxylic acids is 1. The number of rotatable bonds is 4. The predicted octanol–water partition coefficient (Wildman–Crippen LogP) is 3.04. The zero-order chi connectivity index (χ0) is 19.9. The Bertz CT molecular complexity index is 953. The monoisotopic (exact) mass is 378 g/mol. The molecule has 28 heavy (non-hydrogen) atoms. The Hall–Kier alpha value is -3.15. The number of phenols is 1. The maximum absolute atomic E-state index is 11.7. The number of aromatic hydroxyl groups is 1. The molecule has 2 aliphatic rings. The molecule has 1 spiro atoms. The highest BCUT2D eigenvalue weighted by Crippen LogP contribution is 2.51. The fraction of sp³-hybridized carbons (Fsp3) is 0.318. The fourth-order valence-electron chi connectivity index (χ4n) is 4.62. The number of nitrogen functional groups attached to an aromatic ring is 1. The minimum absolute atomic E-state index is 0.0188. The van der Waals surface area contributed by atoms with Crippen LogP contribution in [0.2, 0.25) is 0 Å². The number of anilines is 1. The lowest BCUT2D eigenvalue weighted by Crippen LogP contribution is -2.56. The Kier molecular flexibility index (Phi) is 4.41. The normalized spacial score (nSPS) is 20.9. The summed E-state index contributed by atoms with van der Waals surface area (Å²) >= 11 is 0. The second-order valence-electron chi connectivity index (χ2n) is 8.05. The van der Waals surface area contributed by atoms with Gasteiger partial charge in [-0.1, -0.05) is 18.7 Å². The summed E-state index contributed by atoms with van der Waals surface area (Å²) in [6, 6.07) is 9.03. The number of phenolic OH excluding ortho intramolecular Hbond substituents is 1. The zero-order valence-electron chi connectivity index (χ0n) is 15.8. The first-order valence-electron chi connectivity index (χ1n) is 9.56. The third-order valence-electron chi connectivity index (χ3n) is 6.11. The van der Waals surface area contributed by atoms with Gasteiger partial charge in [-0.15, -0.1) is 0 Å². The molecule has 0 bridgehead atoms. The number of likely N-dealkylation sites (tertiary alicyclic amines) is 1. The molecule has 6 nitrogen and oxygen atoms in total. The number of hydrogen-bond donors (Lipinski definition) is 4. The van der Waals surface area contributed by atoms with Crippen molar-refractivity contribution in [3.8, 4) is 5.75 Å². The van der Waals surface area contributed by atoms with E-state index in [4.69, 9.17) is 11.5 Å². The molecule has 0 radical (unpaired) electrons. The van der Waals surface area contributed by atoms with Crippen molar-refractivity contribution in [2.45, 2.75) is 25.2 Å². The number of nitrogens with two attached hydrogens (primary N) is 2. The van der Waals surface area contributed by atoms with Gasteiger partial charge in [0.05, 0.1) is 0 Å². The van der Waals surface area contributed by atoms with Crippen LogP contribution in [0, 0.1) is 5.41 Å². The van der Waals surface area contributed by atoms with Crippen LogP contribution >= 0.6 is 0 Å². The first kappa shape index (κ1) is 18.2. The fourth-order valence-corrected chi connectivity index (χ4v) is 4.62. The Labute approximate surface area is 164 Å². The summed E-state index contributed by atoms with van der Waals surface area (Å²) in [5.74, 6) is 1.14. The average Bonchev–Trinajstić information content (AvgIpc) is 3.25. The van der Waals surface area contributed by atoms with Crippen LogP contribution in [0.25, 0.3) is 11.8 Å². The van der Waals surface area contributed by atoms with Gasteiger partial charge in [0.15, 0.2) is 0 Å². The molecule has 1 unspecified atom stereocenters. The molecule has 1 saturated carbocycles. The molecule has 6 heteroatoms. The van der Waals surface area contributed by atoms with Crippen LogP contribution in [0.3, 0.4) is 0 Å². The molecule has 1 saturated heterocycles. The van der Waals surface area contributed by atoms with E-state index in [1.807, 2.05) is 11.0 Å². The van der Waals surface area contributed by atoms with Gasteiger partial charge >= 0.3 is 0 Å². The number of amides is 1. The van der Waals surface area contributed by atoms with E-state index in [9.17, 15) is 9.90 Å². The molecule has 1 amide bonds. The molecular formula is C22H26N4O2. The van der Waals surface area contributed by atoms with E-state index >= 15 is 0 Å². The number of nitrogens with zero attached hydrogens (tertiary/aromatic N) is 1. The van der Waals surface area contributed by atoms with Crippen molar-refractivity contribution in [2.75, 3.05) is 18.8 Å². The van der Waals surface area contributed by atoms with E-state index in [0.29, 0.717) is 23.0 Å². The third-order valence-corrected chi connectivity index (χ3v) is 6.11. The zero-order valence-corrected chi connectivity index (χ0v) is 15.8. The summed E-state index contributed by atoms with van der Waals surface area (Å²) in [7, 11) is 0. The molecule has 2 fully saturated rings. The summed E-state index contributed by atoms with van der Waals surface area (Å²) in [6.07, 6.45) is 6.42. The van der Waals surface area contributed by atoms with Gasteiger partial charge in [-0.25, -0.2) is 0 Å². The van der Waals surface area contributed by atoms with Crippen molar-refractivity contribution in [1.29, 1.82) is 0 Å². The van der Waals surface area contributed by atoms with Crippen LogP contribution in [-0.2, 0) is 4.79 Å². The van der Waals surface area contributed by atoms with Crippen molar-refractivity contribution in [1.82, 2.24) is 9.88 Å². The summed E-state index contributed by atoms with van der Waals surface area (Å²) < 4.78 is 0. The van der Waals surface area contributed by atoms with Crippen LogP contribution in [-0.4, -0.2) is 34.0 Å². The van der Waals surface area contributed by atoms with E-state index in [0.717, 1.165) is 43.6 Å². The summed E-state index contributed by atoms with van der Waals surface area (Å²) in [4.78, 5) is 16.9.